The molecule has 2 aliphatic rings. The average Bonchev–Trinajstić information content (AvgIpc) is 2.96. The first-order valence-corrected chi connectivity index (χ1v) is 6.44. The van der Waals surface area contributed by atoms with Crippen molar-refractivity contribution in [3.63, 3.8) is 0 Å². The number of nitrogens with one attached hydrogen (secondary N) is 1. The Bertz CT molecular complexity index is 541. The van der Waals surface area contributed by atoms with Crippen LogP contribution < -0.4 is 10.1 Å². The van der Waals surface area contributed by atoms with Crippen LogP contribution in [0.1, 0.15) is 12.0 Å². The van der Waals surface area contributed by atoms with E-state index in [4.69, 9.17) is 4.74 Å². The summed E-state index contributed by atoms with van der Waals surface area (Å²) in [6.07, 6.45) is 1.18. The summed E-state index contributed by atoms with van der Waals surface area (Å²) in [5.74, 6) is 0.592. The minimum atomic E-state index is -0.248. The van der Waals surface area contributed by atoms with E-state index in [1.165, 1.54) is 0 Å². The van der Waals surface area contributed by atoms with Crippen molar-refractivity contribution in [1.29, 1.82) is 0 Å². The predicted octanol–water partition coefficient (Wildman–Crippen LogP) is 1.04. The molecular weight excluding hydrogens is 244 g/mol. The highest BCUT2D eigenvalue weighted by Crippen LogP contribution is 2.28. The van der Waals surface area contributed by atoms with Gasteiger partial charge in [-0.25, -0.2) is 0 Å². The van der Waals surface area contributed by atoms with Gasteiger partial charge in [0.2, 0.25) is 11.8 Å². The molecule has 1 atom stereocenters. The number of likely N-dealkylation sites (tertiary alicyclic amines) is 1. The molecule has 0 aromatic heterocycles. The van der Waals surface area contributed by atoms with Crippen molar-refractivity contribution in [2.75, 3.05) is 25.5 Å². The standard InChI is InChI=1S/C14H16N2O3/c1-16-8-10(7-13(16)17)14(18)15-11-2-3-12-9(6-11)4-5-19-12/h2-3,6,10H,4-5,7-8H2,1H3,(H,15,18). The molecule has 1 fully saturated rings. The number of rotatable bonds is 2. The normalized spacial score (nSPS) is 21.2. The van der Waals surface area contributed by atoms with E-state index in [0.717, 1.165) is 23.4 Å². The zero-order chi connectivity index (χ0) is 13.4. The molecule has 5 heteroatoms. The second-order valence-corrected chi connectivity index (χ2v) is 5.09. The van der Waals surface area contributed by atoms with Crippen molar-refractivity contribution in [3.8, 4) is 5.75 Å². The van der Waals surface area contributed by atoms with Crippen molar-refractivity contribution >= 4 is 17.5 Å². The zero-order valence-electron chi connectivity index (χ0n) is 10.8. The van der Waals surface area contributed by atoms with Crippen LogP contribution in [0.3, 0.4) is 0 Å². The van der Waals surface area contributed by atoms with E-state index in [2.05, 4.69) is 5.32 Å². The molecule has 2 aliphatic heterocycles. The van der Waals surface area contributed by atoms with Crippen molar-refractivity contribution in [3.05, 3.63) is 23.8 Å². The van der Waals surface area contributed by atoms with E-state index in [1.807, 2.05) is 18.2 Å². The number of carbonyl (C=O) groups excluding carboxylic acids is 2. The van der Waals surface area contributed by atoms with Crippen LogP contribution in [-0.4, -0.2) is 36.9 Å². The highest BCUT2D eigenvalue weighted by molar-refractivity contribution is 5.97. The Labute approximate surface area is 111 Å². The van der Waals surface area contributed by atoms with Crippen LogP contribution in [-0.2, 0) is 16.0 Å². The second kappa shape index (κ2) is 4.57. The van der Waals surface area contributed by atoms with E-state index in [-0.39, 0.29) is 17.7 Å². The van der Waals surface area contributed by atoms with Crippen LogP contribution in [0.4, 0.5) is 5.69 Å². The third-order valence-electron chi connectivity index (χ3n) is 3.67. The van der Waals surface area contributed by atoms with Crippen molar-refractivity contribution in [2.45, 2.75) is 12.8 Å². The Hall–Kier alpha value is -2.04. The van der Waals surface area contributed by atoms with Gasteiger partial charge in [0.25, 0.3) is 0 Å². The molecule has 1 saturated heterocycles. The lowest BCUT2D eigenvalue weighted by Gasteiger charge is -2.11. The Morgan fingerprint density at radius 2 is 2.32 bits per heavy atom. The third-order valence-corrected chi connectivity index (χ3v) is 3.67. The van der Waals surface area contributed by atoms with Gasteiger partial charge in [-0.2, -0.15) is 0 Å². The zero-order valence-corrected chi connectivity index (χ0v) is 10.8. The number of amides is 2. The molecule has 2 heterocycles. The molecule has 0 spiro atoms. The molecule has 100 valence electrons. The summed E-state index contributed by atoms with van der Waals surface area (Å²) in [7, 11) is 1.72. The molecule has 1 unspecified atom stereocenters. The van der Waals surface area contributed by atoms with E-state index >= 15 is 0 Å². The SMILES string of the molecule is CN1CC(C(=O)Nc2ccc3c(c2)CCO3)CC1=O. The van der Waals surface area contributed by atoms with Crippen LogP contribution in [0.5, 0.6) is 5.75 Å². The Morgan fingerprint density at radius 3 is 3.05 bits per heavy atom. The molecule has 0 saturated carbocycles. The largest absolute Gasteiger partial charge is 0.493 e. The van der Waals surface area contributed by atoms with E-state index in [9.17, 15) is 9.59 Å². The highest BCUT2D eigenvalue weighted by atomic mass is 16.5. The van der Waals surface area contributed by atoms with Crippen molar-refractivity contribution < 1.29 is 14.3 Å². The Balaban J connectivity index is 1.68. The maximum Gasteiger partial charge on any atom is 0.229 e. The Morgan fingerprint density at radius 1 is 1.47 bits per heavy atom. The number of nitrogens with zero attached hydrogens (tertiary/aromatic N) is 1. The van der Waals surface area contributed by atoms with Crippen molar-refractivity contribution in [1.82, 2.24) is 4.90 Å². The number of ether oxygens (including phenoxy) is 1. The summed E-state index contributed by atoms with van der Waals surface area (Å²) in [6.45, 7) is 1.20. The van der Waals surface area contributed by atoms with Gasteiger partial charge in [0, 0.05) is 32.1 Å². The Kier molecular flexibility index (Phi) is 2.89. The number of benzene rings is 1. The minimum absolute atomic E-state index is 0.0301. The van der Waals surface area contributed by atoms with Gasteiger partial charge in [0.1, 0.15) is 5.75 Å². The summed E-state index contributed by atoms with van der Waals surface area (Å²) in [6, 6.07) is 5.66. The number of hydrogen-bond donors (Lipinski definition) is 1. The predicted molar refractivity (Wildman–Crippen MR) is 70.0 cm³/mol. The molecule has 2 amide bonds. The first kappa shape index (κ1) is 12.0. The minimum Gasteiger partial charge on any atom is -0.493 e. The lowest BCUT2D eigenvalue weighted by atomic mass is 10.1. The maximum absolute atomic E-state index is 12.1. The third kappa shape index (κ3) is 2.28. The molecule has 1 aromatic carbocycles. The number of anilines is 1. The fourth-order valence-electron chi connectivity index (χ4n) is 2.55. The molecule has 19 heavy (non-hydrogen) atoms. The molecule has 3 rings (SSSR count). The van der Waals surface area contributed by atoms with Gasteiger partial charge in [-0.05, 0) is 23.8 Å². The van der Waals surface area contributed by atoms with Crippen LogP contribution in [0.15, 0.2) is 18.2 Å². The fraction of sp³-hybridized carbons (Fsp3) is 0.429. The van der Waals surface area contributed by atoms with E-state index in [1.54, 1.807) is 11.9 Å². The second-order valence-electron chi connectivity index (χ2n) is 5.09. The summed E-state index contributed by atoms with van der Waals surface area (Å²) >= 11 is 0. The lowest BCUT2D eigenvalue weighted by Crippen LogP contribution is -2.25. The average molecular weight is 260 g/mol. The summed E-state index contributed by atoms with van der Waals surface area (Å²) < 4.78 is 5.42. The van der Waals surface area contributed by atoms with Crippen molar-refractivity contribution in [2.24, 2.45) is 5.92 Å². The topological polar surface area (TPSA) is 58.6 Å². The number of hydrogen-bond acceptors (Lipinski definition) is 3. The maximum atomic E-state index is 12.1. The van der Waals surface area contributed by atoms with Gasteiger partial charge >= 0.3 is 0 Å². The number of carbonyl (C=O) groups is 2. The quantitative estimate of drug-likeness (QED) is 0.864. The smallest absolute Gasteiger partial charge is 0.229 e. The van der Waals surface area contributed by atoms with Gasteiger partial charge in [0.05, 0.1) is 12.5 Å². The van der Waals surface area contributed by atoms with Crippen LogP contribution in [0.2, 0.25) is 0 Å². The lowest BCUT2D eigenvalue weighted by molar-refractivity contribution is -0.127. The summed E-state index contributed by atoms with van der Waals surface area (Å²) in [5, 5.41) is 2.88. The summed E-state index contributed by atoms with van der Waals surface area (Å²) in [4.78, 5) is 25.1. The van der Waals surface area contributed by atoms with E-state index < -0.39 is 0 Å². The first-order valence-electron chi connectivity index (χ1n) is 6.44. The number of fused-ring (bicyclic) bond motifs is 1. The molecule has 5 nitrogen and oxygen atoms in total. The molecule has 1 aromatic rings. The van der Waals surface area contributed by atoms with Crippen LogP contribution in [0.25, 0.3) is 0 Å². The monoisotopic (exact) mass is 260 g/mol. The highest BCUT2D eigenvalue weighted by Gasteiger charge is 2.32. The van der Waals surface area contributed by atoms with Gasteiger partial charge < -0.3 is 15.0 Å². The molecule has 0 aliphatic carbocycles. The summed E-state index contributed by atoms with van der Waals surface area (Å²) in [5.41, 5.74) is 1.90. The van der Waals surface area contributed by atoms with Gasteiger partial charge in [0.15, 0.2) is 0 Å². The molecule has 0 bridgehead atoms. The van der Waals surface area contributed by atoms with E-state index in [0.29, 0.717) is 19.6 Å². The first-order chi connectivity index (χ1) is 9.13. The van der Waals surface area contributed by atoms with Crippen LogP contribution in [0, 0.1) is 5.92 Å². The molecular formula is C14H16N2O3. The van der Waals surface area contributed by atoms with Crippen LogP contribution >= 0.6 is 0 Å². The molecule has 0 radical (unpaired) electrons. The van der Waals surface area contributed by atoms with Gasteiger partial charge in [-0.1, -0.05) is 0 Å². The van der Waals surface area contributed by atoms with Gasteiger partial charge in [-0.15, -0.1) is 0 Å². The molecule has 1 N–H and O–H groups in total. The fourth-order valence-corrected chi connectivity index (χ4v) is 2.55. The van der Waals surface area contributed by atoms with Gasteiger partial charge in [-0.3, -0.25) is 9.59 Å².